The minimum absolute atomic E-state index is 0.0771. The third kappa shape index (κ3) is 2.68. The Kier molecular flexibility index (Phi) is 3.62. The average Bonchev–Trinajstić information content (AvgIpc) is 2.74. The van der Waals surface area contributed by atoms with Gasteiger partial charge in [0.05, 0.1) is 23.6 Å². The van der Waals surface area contributed by atoms with Gasteiger partial charge in [-0.15, -0.1) is 0 Å². The van der Waals surface area contributed by atoms with Crippen LogP contribution in [0.5, 0.6) is 0 Å². The van der Waals surface area contributed by atoms with Crippen molar-refractivity contribution in [3.8, 4) is 0 Å². The number of carbonyl (C=O) groups excluding carboxylic acids is 1. The van der Waals surface area contributed by atoms with Gasteiger partial charge < -0.3 is 10.3 Å². The monoisotopic (exact) mass is 246 g/mol. The number of aromatic nitrogens is 2. The highest BCUT2D eigenvalue weighted by Crippen LogP contribution is 2.14. The molecule has 2 rings (SSSR count). The van der Waals surface area contributed by atoms with Crippen LogP contribution in [-0.4, -0.2) is 28.1 Å². The van der Waals surface area contributed by atoms with Gasteiger partial charge >= 0.3 is 0 Å². The fourth-order valence-corrected chi connectivity index (χ4v) is 1.96. The van der Waals surface area contributed by atoms with Gasteiger partial charge in [0.15, 0.2) is 0 Å². The number of nitrogens with zero attached hydrogens (tertiary/aromatic N) is 1. The smallest absolute Gasteiger partial charge is 0.254 e. The molecule has 96 valence electrons. The van der Waals surface area contributed by atoms with E-state index >= 15 is 0 Å². The second kappa shape index (κ2) is 5.18. The molecule has 1 aromatic carbocycles. The lowest BCUT2D eigenvalue weighted by atomic mass is 10.1. The summed E-state index contributed by atoms with van der Waals surface area (Å²) in [6, 6.07) is 5.84. The van der Waals surface area contributed by atoms with Crippen LogP contribution in [0.3, 0.4) is 0 Å². The molecule has 1 heterocycles. The standard InChI is InChI=1S/C13H18N4O/c1-8(2)16-9(3)17-13(18)10-5-4-6-11-12(10)15-7-14-11/h4-9,16H,1-3H3,(H,14,15)(H,17,18). The third-order valence-electron chi connectivity index (χ3n) is 2.63. The maximum Gasteiger partial charge on any atom is 0.254 e. The fourth-order valence-electron chi connectivity index (χ4n) is 1.96. The van der Waals surface area contributed by atoms with E-state index in [0.717, 1.165) is 5.52 Å². The molecule has 0 radical (unpaired) electrons. The Morgan fingerprint density at radius 3 is 2.83 bits per heavy atom. The molecule has 1 unspecified atom stereocenters. The maximum atomic E-state index is 12.1. The first kappa shape index (κ1) is 12.6. The second-order valence-electron chi connectivity index (χ2n) is 4.62. The van der Waals surface area contributed by atoms with Crippen LogP contribution in [0.2, 0.25) is 0 Å². The summed E-state index contributed by atoms with van der Waals surface area (Å²) in [4.78, 5) is 19.3. The van der Waals surface area contributed by atoms with Crippen molar-refractivity contribution in [3.05, 3.63) is 30.1 Å². The number of benzene rings is 1. The highest BCUT2D eigenvalue weighted by Gasteiger charge is 2.14. The van der Waals surface area contributed by atoms with Crippen molar-refractivity contribution < 1.29 is 4.79 Å². The van der Waals surface area contributed by atoms with Crippen LogP contribution in [0.1, 0.15) is 31.1 Å². The Morgan fingerprint density at radius 2 is 2.11 bits per heavy atom. The summed E-state index contributed by atoms with van der Waals surface area (Å²) in [5, 5.41) is 6.13. The van der Waals surface area contributed by atoms with Crippen LogP contribution in [0.4, 0.5) is 0 Å². The lowest BCUT2D eigenvalue weighted by Crippen LogP contribution is -2.46. The summed E-state index contributed by atoms with van der Waals surface area (Å²) in [5.74, 6) is -0.117. The molecule has 0 aliphatic carbocycles. The van der Waals surface area contributed by atoms with Crippen molar-refractivity contribution in [1.29, 1.82) is 0 Å². The lowest BCUT2D eigenvalue weighted by Gasteiger charge is -2.18. The van der Waals surface area contributed by atoms with E-state index in [-0.39, 0.29) is 12.1 Å². The first-order valence-corrected chi connectivity index (χ1v) is 6.07. The molecule has 2 aromatic rings. The number of hydrogen-bond acceptors (Lipinski definition) is 3. The molecular weight excluding hydrogens is 228 g/mol. The van der Waals surface area contributed by atoms with Gasteiger partial charge in [0.2, 0.25) is 0 Å². The Labute approximate surface area is 106 Å². The Balaban J connectivity index is 2.16. The second-order valence-corrected chi connectivity index (χ2v) is 4.62. The summed E-state index contributed by atoms with van der Waals surface area (Å²) < 4.78 is 0. The van der Waals surface area contributed by atoms with Crippen molar-refractivity contribution in [2.45, 2.75) is 33.0 Å². The average molecular weight is 246 g/mol. The number of hydrogen-bond donors (Lipinski definition) is 3. The molecule has 0 spiro atoms. The van der Waals surface area contributed by atoms with Crippen LogP contribution in [0, 0.1) is 0 Å². The summed E-state index contributed by atoms with van der Waals surface area (Å²) in [5.41, 5.74) is 2.16. The number of H-pyrrole nitrogens is 1. The van der Waals surface area contributed by atoms with E-state index in [1.54, 1.807) is 12.4 Å². The molecule has 1 amide bonds. The summed E-state index contributed by atoms with van der Waals surface area (Å²) in [6.45, 7) is 6.00. The van der Waals surface area contributed by atoms with E-state index in [2.05, 4.69) is 20.6 Å². The number of rotatable bonds is 4. The molecule has 1 atom stereocenters. The normalized spacial score (nSPS) is 12.9. The van der Waals surface area contributed by atoms with E-state index in [1.165, 1.54) is 0 Å². The van der Waals surface area contributed by atoms with E-state index < -0.39 is 0 Å². The van der Waals surface area contributed by atoms with Crippen molar-refractivity contribution in [2.75, 3.05) is 0 Å². The van der Waals surface area contributed by atoms with Crippen molar-refractivity contribution in [2.24, 2.45) is 0 Å². The van der Waals surface area contributed by atoms with E-state index in [4.69, 9.17) is 0 Å². The molecular formula is C13H18N4O. The Morgan fingerprint density at radius 1 is 1.33 bits per heavy atom. The summed E-state index contributed by atoms with van der Waals surface area (Å²) in [6.07, 6.45) is 1.52. The molecule has 5 heteroatoms. The van der Waals surface area contributed by atoms with Crippen molar-refractivity contribution in [3.63, 3.8) is 0 Å². The highest BCUT2D eigenvalue weighted by molar-refractivity contribution is 6.04. The molecule has 0 saturated carbocycles. The predicted octanol–water partition coefficient (Wildman–Crippen LogP) is 1.64. The maximum absolute atomic E-state index is 12.1. The fraction of sp³-hybridized carbons (Fsp3) is 0.385. The Hall–Kier alpha value is -1.88. The predicted molar refractivity (Wildman–Crippen MR) is 71.3 cm³/mol. The zero-order chi connectivity index (χ0) is 13.1. The van der Waals surface area contributed by atoms with Gasteiger partial charge in [-0.3, -0.25) is 10.1 Å². The minimum Gasteiger partial charge on any atom is -0.345 e. The van der Waals surface area contributed by atoms with Crippen molar-refractivity contribution >= 4 is 16.9 Å². The molecule has 0 aliphatic rings. The van der Waals surface area contributed by atoms with Crippen LogP contribution < -0.4 is 10.6 Å². The third-order valence-corrected chi connectivity index (χ3v) is 2.63. The molecule has 18 heavy (non-hydrogen) atoms. The number of imidazole rings is 1. The van der Waals surface area contributed by atoms with Gasteiger partial charge in [0, 0.05) is 6.04 Å². The highest BCUT2D eigenvalue weighted by atomic mass is 16.1. The lowest BCUT2D eigenvalue weighted by molar-refractivity contribution is 0.0933. The van der Waals surface area contributed by atoms with Gasteiger partial charge in [-0.2, -0.15) is 0 Å². The van der Waals surface area contributed by atoms with Gasteiger partial charge in [-0.25, -0.2) is 4.98 Å². The zero-order valence-electron chi connectivity index (χ0n) is 10.8. The van der Waals surface area contributed by atoms with E-state index in [0.29, 0.717) is 17.1 Å². The number of carbonyl (C=O) groups is 1. The molecule has 3 N–H and O–H groups in total. The van der Waals surface area contributed by atoms with Crippen LogP contribution >= 0.6 is 0 Å². The number of aromatic amines is 1. The first-order chi connectivity index (χ1) is 8.58. The first-order valence-electron chi connectivity index (χ1n) is 6.07. The van der Waals surface area contributed by atoms with Crippen LogP contribution in [0.25, 0.3) is 11.0 Å². The van der Waals surface area contributed by atoms with Crippen LogP contribution in [-0.2, 0) is 0 Å². The van der Waals surface area contributed by atoms with E-state index in [9.17, 15) is 4.79 Å². The van der Waals surface area contributed by atoms with Crippen molar-refractivity contribution in [1.82, 2.24) is 20.6 Å². The topological polar surface area (TPSA) is 69.8 Å². The number of para-hydroxylation sites is 1. The molecule has 0 fully saturated rings. The molecule has 0 bridgehead atoms. The SMILES string of the molecule is CC(C)NC(C)NC(=O)c1cccc2[nH]cnc12. The number of fused-ring (bicyclic) bond motifs is 1. The quantitative estimate of drug-likeness (QED) is 0.718. The zero-order valence-corrected chi connectivity index (χ0v) is 10.8. The minimum atomic E-state index is -0.117. The molecule has 1 aromatic heterocycles. The van der Waals surface area contributed by atoms with Crippen LogP contribution in [0.15, 0.2) is 24.5 Å². The van der Waals surface area contributed by atoms with Gasteiger partial charge in [0.25, 0.3) is 5.91 Å². The van der Waals surface area contributed by atoms with E-state index in [1.807, 2.05) is 32.9 Å². The molecule has 0 saturated heterocycles. The summed E-state index contributed by atoms with van der Waals surface area (Å²) in [7, 11) is 0. The van der Waals surface area contributed by atoms with Gasteiger partial charge in [-0.1, -0.05) is 6.07 Å². The van der Waals surface area contributed by atoms with Gasteiger partial charge in [0.1, 0.15) is 5.52 Å². The number of amides is 1. The van der Waals surface area contributed by atoms with Gasteiger partial charge in [-0.05, 0) is 32.9 Å². The number of nitrogens with one attached hydrogen (secondary N) is 3. The Bertz CT molecular complexity index is 547. The molecule has 5 nitrogen and oxygen atoms in total. The largest absolute Gasteiger partial charge is 0.345 e. The summed E-state index contributed by atoms with van der Waals surface area (Å²) >= 11 is 0. The molecule has 0 aliphatic heterocycles.